The molecule has 0 radical (unpaired) electrons. The van der Waals surface area contributed by atoms with Crippen molar-refractivity contribution < 1.29 is 120 Å². The number of hydrogen-bond acceptors (Lipinski definition) is 13. The number of amides is 5. The van der Waals surface area contributed by atoms with Gasteiger partial charge in [-0.1, -0.05) is 20.3 Å². The molecule has 0 aliphatic rings. The van der Waals surface area contributed by atoms with E-state index in [0.29, 0.717) is 6.42 Å². The van der Waals surface area contributed by atoms with Crippen LogP contribution in [0.2, 0.25) is 0 Å². The van der Waals surface area contributed by atoms with Crippen molar-refractivity contribution in [1.29, 1.82) is 0 Å². The summed E-state index contributed by atoms with van der Waals surface area (Å²) in [7, 11) is -4.59. The number of aliphatic imine (C=N–C) groups is 1. The van der Waals surface area contributed by atoms with E-state index in [1.165, 1.54) is 13.8 Å². The molecule has 0 unspecified atom stereocenters. The van der Waals surface area contributed by atoms with Gasteiger partial charge >= 0.3 is 68.4 Å². The van der Waals surface area contributed by atoms with Crippen molar-refractivity contribution in [2.24, 2.45) is 16.6 Å². The maximum absolute atomic E-state index is 13.1. The minimum atomic E-state index is -4.59. The normalized spacial score (nSPS) is 14.2. The summed E-state index contributed by atoms with van der Waals surface area (Å²) in [4.78, 5) is 125. The molecule has 0 saturated heterocycles. The molecule has 0 aromatic rings. The Morgan fingerprint density at radius 1 is 0.865 bits per heavy atom. The zero-order valence-electron chi connectivity index (χ0n) is 29.5. The molecule has 0 aliphatic heterocycles. The molecule has 0 aromatic heterocycles. The number of aliphatic carboxylic acids is 2. The molecular weight excluding hydrogens is 746 g/mol. The minimum Gasteiger partial charge on any atom is -0.645 e. The molecule has 0 aromatic carbocycles. The van der Waals surface area contributed by atoms with Crippen LogP contribution in [0.5, 0.6) is 0 Å². The molecule has 0 aliphatic carbocycles. The second-order valence-corrected chi connectivity index (χ2v) is 12.4. The number of nitrogens with zero attached hydrogens (tertiary/aromatic N) is 2. The Hall–Kier alpha value is -3.13. The Morgan fingerprint density at radius 3 is 2.00 bits per heavy atom. The molecule has 0 bridgehead atoms. The van der Waals surface area contributed by atoms with Gasteiger partial charge in [0, 0.05) is 13.0 Å². The largest absolute Gasteiger partial charge is 1.00 e. The third-order valence-corrected chi connectivity index (χ3v) is 7.95. The van der Waals surface area contributed by atoms with Crippen LogP contribution in [0.3, 0.4) is 0 Å². The van der Waals surface area contributed by atoms with Crippen molar-refractivity contribution in [2.45, 2.75) is 84.0 Å². The third kappa shape index (κ3) is 22.7. The van der Waals surface area contributed by atoms with Gasteiger partial charge in [0.15, 0.2) is 0 Å². The van der Waals surface area contributed by atoms with Gasteiger partial charge in [0.1, 0.15) is 43.7 Å². The Balaban J connectivity index is 0. The molecule has 5 atom stereocenters. The topological polar surface area (TPSA) is 378 Å². The van der Waals surface area contributed by atoms with E-state index in [2.05, 4.69) is 41.2 Å². The average Bonchev–Trinajstić information content (AvgIpc) is 3.03. The number of hydrazine groups is 1. The van der Waals surface area contributed by atoms with E-state index >= 15 is 0 Å². The summed E-state index contributed by atoms with van der Waals surface area (Å²) < 4.78 is 4.65. The van der Waals surface area contributed by atoms with Crippen molar-refractivity contribution in [1.82, 2.24) is 37.1 Å². The first kappa shape index (κ1) is 51.0. The Kier molecular flexibility index (Phi) is 26.1. The number of nitrogens with two attached hydrogens (primary N) is 1. The van der Waals surface area contributed by atoms with E-state index in [1.54, 1.807) is 19.3 Å². The van der Waals surface area contributed by atoms with Crippen LogP contribution in [0.15, 0.2) is 4.99 Å². The molecule has 24 nitrogen and oxygen atoms in total. The van der Waals surface area contributed by atoms with Gasteiger partial charge in [-0.3, -0.25) is 33.6 Å². The number of nitrogens with one attached hydrogen (secondary N) is 7. The smallest absolute Gasteiger partial charge is 0.645 e. The maximum Gasteiger partial charge on any atom is 1.00 e. The summed E-state index contributed by atoms with van der Waals surface area (Å²) in [6.07, 6.45) is -0.860. The predicted octanol–water partition coefficient (Wildman–Crippen LogP) is -8.15. The monoisotopic (exact) mass is 793 g/mol. The summed E-state index contributed by atoms with van der Waals surface area (Å²) >= 11 is 0. The van der Waals surface area contributed by atoms with Crippen molar-refractivity contribution >= 4 is 55.5 Å². The summed E-state index contributed by atoms with van der Waals surface area (Å²) in [6.45, 7) is 4.15. The summed E-state index contributed by atoms with van der Waals surface area (Å²) in [5.41, 5.74) is 7.07. The number of carbonyl (C=O) groups excluding carboxylic acids is 5. The molecule has 0 fully saturated rings. The number of carboxylic acid groups (broad SMARTS) is 2. The second kappa shape index (κ2) is 26.6. The predicted molar refractivity (Wildman–Crippen MR) is 171 cm³/mol. The number of guanidine groups is 1. The fraction of sp³-hybridized carbons (Fsp3) is 0.692. The van der Waals surface area contributed by atoms with Crippen molar-refractivity contribution in [3.05, 3.63) is 4.91 Å². The first-order valence-electron chi connectivity index (χ1n) is 15.6. The van der Waals surface area contributed by atoms with Crippen LogP contribution < -0.4 is 104 Å². The molecule has 0 saturated carbocycles. The molecule has 12 N–H and O–H groups in total. The van der Waals surface area contributed by atoms with E-state index < -0.39 is 117 Å². The molecule has 0 heterocycles. The summed E-state index contributed by atoms with van der Waals surface area (Å²) in [6, 6.07) is -5.53. The Labute approximate surface area is 341 Å². The SMILES string of the molecule is CCO[P+]([O-])([O-])N[C@H](C(=O)N[C@@H](C)C(=O)NCC(=O)N[C@@H](CCC(=O)O)C(=O)N[C@@H](CCCN=C(N)N[N+](=O)O)C(=O)NCC(=O)O)[C@@H](C)CC.[K+]. The Bertz CT molecular complexity index is 1280. The van der Waals surface area contributed by atoms with Gasteiger partial charge in [-0.15, -0.1) is 0 Å². The average molecular weight is 794 g/mol. The van der Waals surface area contributed by atoms with Gasteiger partial charge in [0.05, 0.1) is 13.2 Å². The van der Waals surface area contributed by atoms with Crippen LogP contribution in [0.4, 0.5) is 0 Å². The van der Waals surface area contributed by atoms with Crippen LogP contribution >= 0.6 is 8.09 Å². The van der Waals surface area contributed by atoms with E-state index in [-0.39, 0.29) is 77.4 Å². The van der Waals surface area contributed by atoms with Gasteiger partial charge in [-0.2, -0.15) is 5.09 Å². The number of carboxylic acids is 2. The fourth-order valence-corrected chi connectivity index (χ4v) is 5.11. The minimum absolute atomic E-state index is 0. The first-order valence-corrected chi connectivity index (χ1v) is 17.1. The van der Waals surface area contributed by atoms with Gasteiger partial charge in [0.25, 0.3) is 5.96 Å². The molecule has 0 rings (SSSR count). The third-order valence-electron chi connectivity index (χ3n) is 6.76. The van der Waals surface area contributed by atoms with Gasteiger partial charge in [-0.25, -0.2) is 14.7 Å². The van der Waals surface area contributed by atoms with E-state index in [9.17, 15) is 48.3 Å². The van der Waals surface area contributed by atoms with Crippen LogP contribution in [0, 0.1) is 10.8 Å². The molecule has 5 amide bonds. The van der Waals surface area contributed by atoms with Gasteiger partial charge < -0.3 is 52.3 Å². The van der Waals surface area contributed by atoms with E-state index in [1.807, 2.05) is 0 Å². The second-order valence-electron chi connectivity index (χ2n) is 10.9. The molecule has 290 valence electrons. The van der Waals surface area contributed by atoms with E-state index in [4.69, 9.17) is 21.2 Å². The zero-order valence-corrected chi connectivity index (χ0v) is 33.5. The van der Waals surface area contributed by atoms with Gasteiger partial charge in [0.2, 0.25) is 29.5 Å². The van der Waals surface area contributed by atoms with Crippen molar-refractivity contribution in [2.75, 3.05) is 26.2 Å². The molecule has 0 spiro atoms. The number of rotatable bonds is 25. The molecular formula is C26H47KN10O14P+. The Morgan fingerprint density at radius 2 is 1.46 bits per heavy atom. The van der Waals surface area contributed by atoms with Crippen LogP contribution in [-0.2, 0) is 38.1 Å². The van der Waals surface area contributed by atoms with Crippen LogP contribution in [0.1, 0.15) is 59.8 Å². The van der Waals surface area contributed by atoms with Crippen LogP contribution in [0.25, 0.3) is 0 Å². The van der Waals surface area contributed by atoms with Crippen molar-refractivity contribution in [3.8, 4) is 0 Å². The molecule has 52 heavy (non-hydrogen) atoms. The van der Waals surface area contributed by atoms with Gasteiger partial charge in [-0.05, 0) is 44.5 Å². The first-order chi connectivity index (χ1) is 23.7. The maximum atomic E-state index is 13.1. The standard InChI is InChI=1S/C26H47N10O14P.K/c1-5-14(3)21(35-51(48,49)50-6-2)25(45)31-15(4)22(42)29-12-18(37)32-17(9-10-19(38)39)24(44)33-16(23(43)30-13-20(40)41)8-7-11-28-26(27)34-36(46)47;/h14-17,21H,5-13H2,1-4H3,(H12-,27,28,29,30,31,32,33,34,35,37,38,39,40,41,42,43,44,45,46,47,48,49);/q;+1/t14-,15-,16-,17-,21-;/m0./s1. The van der Waals surface area contributed by atoms with Crippen LogP contribution in [-0.4, -0.2) is 118 Å². The quantitative estimate of drug-likeness (QED) is 0.0102. The fourth-order valence-electron chi connectivity index (χ4n) is 3.98. The van der Waals surface area contributed by atoms with E-state index in [0.717, 1.165) is 0 Å². The molecule has 26 heteroatoms. The number of hydrogen-bond donors (Lipinski definition) is 11. The zero-order chi connectivity index (χ0) is 39.3. The van der Waals surface area contributed by atoms with Crippen molar-refractivity contribution in [3.63, 3.8) is 0 Å². The summed E-state index contributed by atoms with van der Waals surface area (Å²) in [5, 5.41) is 39.2. The summed E-state index contributed by atoms with van der Waals surface area (Å²) in [5.74, 6) is -8.39. The number of carbonyl (C=O) groups is 7.